The first kappa shape index (κ1) is 25.5. The summed E-state index contributed by atoms with van der Waals surface area (Å²) in [5.41, 5.74) is 1.54. The Morgan fingerprint density at radius 2 is 1.74 bits per heavy atom. The fraction of sp³-hybridized carbons (Fsp3) is 0.375. The highest BCUT2D eigenvalue weighted by Crippen LogP contribution is 2.37. The molecular formula is C24H28N2O6S3. The number of hydrogen-bond donors (Lipinski definition) is 2. The number of aromatic hydroxyl groups is 1. The maximum Gasteiger partial charge on any atom is 0.265 e. The molecule has 0 atom stereocenters. The van der Waals surface area contributed by atoms with Crippen LogP contribution in [-0.2, 0) is 25.6 Å². The Morgan fingerprint density at radius 1 is 1.06 bits per heavy atom. The van der Waals surface area contributed by atoms with Gasteiger partial charge in [0, 0.05) is 5.69 Å². The highest BCUT2D eigenvalue weighted by Gasteiger charge is 2.29. The van der Waals surface area contributed by atoms with Crippen molar-refractivity contribution in [3.63, 3.8) is 0 Å². The van der Waals surface area contributed by atoms with E-state index in [-0.39, 0.29) is 27.4 Å². The normalized spacial score (nSPS) is 15.1. The second kappa shape index (κ2) is 10.2. The molecule has 1 saturated carbocycles. The van der Waals surface area contributed by atoms with Crippen LogP contribution in [0.15, 0.2) is 47.4 Å². The molecule has 0 bridgehead atoms. The maximum atomic E-state index is 13.2. The monoisotopic (exact) mass is 536 g/mol. The average molecular weight is 537 g/mol. The minimum atomic E-state index is -4.02. The minimum absolute atomic E-state index is 0.0227. The van der Waals surface area contributed by atoms with E-state index in [0.717, 1.165) is 19.3 Å². The third kappa shape index (κ3) is 5.79. The van der Waals surface area contributed by atoms with Crippen LogP contribution in [-0.4, -0.2) is 39.3 Å². The lowest BCUT2D eigenvalue weighted by atomic mass is 10.0. The number of methoxy groups -OCH3 is 1. The molecule has 1 aliphatic rings. The van der Waals surface area contributed by atoms with Gasteiger partial charge in [-0.2, -0.15) is 0 Å². The largest absolute Gasteiger partial charge is 0.508 e. The number of phenolic OH excluding ortho intramolecular Hbond substituents is 1. The molecule has 1 heterocycles. The van der Waals surface area contributed by atoms with Crippen molar-refractivity contribution in [3.8, 4) is 21.9 Å². The van der Waals surface area contributed by atoms with Crippen LogP contribution < -0.4 is 9.46 Å². The summed E-state index contributed by atoms with van der Waals surface area (Å²) in [5.74, 6) is 0.0872. The van der Waals surface area contributed by atoms with E-state index in [4.69, 9.17) is 4.74 Å². The van der Waals surface area contributed by atoms with Gasteiger partial charge in [-0.05, 0) is 67.8 Å². The van der Waals surface area contributed by atoms with Gasteiger partial charge in [0.25, 0.3) is 10.0 Å². The van der Waals surface area contributed by atoms with Gasteiger partial charge in [-0.3, -0.25) is 4.72 Å². The van der Waals surface area contributed by atoms with E-state index in [9.17, 15) is 21.9 Å². The van der Waals surface area contributed by atoms with Crippen molar-refractivity contribution >= 4 is 36.9 Å². The lowest BCUT2D eigenvalue weighted by Crippen LogP contribution is -2.25. The molecule has 0 amide bonds. The van der Waals surface area contributed by atoms with E-state index in [0.29, 0.717) is 39.7 Å². The summed E-state index contributed by atoms with van der Waals surface area (Å²) in [6, 6.07) is 10.5. The Kier molecular flexibility index (Phi) is 7.39. The molecular weight excluding hydrogens is 508 g/mol. The lowest BCUT2D eigenvalue weighted by Gasteiger charge is -2.21. The molecule has 1 aromatic heterocycles. The van der Waals surface area contributed by atoms with Gasteiger partial charge in [0.2, 0.25) is 0 Å². The molecule has 4 rings (SSSR count). The molecule has 1 aliphatic carbocycles. The molecule has 0 radical (unpaired) electrons. The van der Waals surface area contributed by atoms with E-state index in [2.05, 4.69) is 9.71 Å². The van der Waals surface area contributed by atoms with E-state index >= 15 is 0 Å². The molecule has 2 aromatic carbocycles. The van der Waals surface area contributed by atoms with Crippen molar-refractivity contribution in [2.45, 2.75) is 54.9 Å². The molecule has 1 fully saturated rings. The van der Waals surface area contributed by atoms with E-state index in [1.165, 1.54) is 48.8 Å². The van der Waals surface area contributed by atoms with Gasteiger partial charge >= 0.3 is 0 Å². The molecule has 188 valence electrons. The summed E-state index contributed by atoms with van der Waals surface area (Å²) in [4.78, 5) is 5.15. The van der Waals surface area contributed by atoms with Crippen molar-refractivity contribution in [3.05, 3.63) is 53.2 Å². The minimum Gasteiger partial charge on any atom is -0.508 e. The van der Waals surface area contributed by atoms with Crippen LogP contribution in [0.3, 0.4) is 0 Å². The smallest absolute Gasteiger partial charge is 0.265 e. The zero-order valence-corrected chi connectivity index (χ0v) is 22.0. The van der Waals surface area contributed by atoms with Crippen molar-refractivity contribution in [2.75, 3.05) is 11.8 Å². The predicted octanol–water partition coefficient (Wildman–Crippen LogP) is 4.88. The van der Waals surface area contributed by atoms with Gasteiger partial charge in [0.05, 0.1) is 22.9 Å². The number of aromatic nitrogens is 1. The zero-order chi connectivity index (χ0) is 25.2. The topological polar surface area (TPSA) is 123 Å². The molecule has 2 N–H and O–H groups in total. The first-order chi connectivity index (χ1) is 16.6. The summed E-state index contributed by atoms with van der Waals surface area (Å²) in [7, 11) is -5.93. The summed E-state index contributed by atoms with van der Waals surface area (Å²) >= 11 is 1.27. The number of hydrogen-bond acceptors (Lipinski definition) is 8. The van der Waals surface area contributed by atoms with Crippen LogP contribution >= 0.6 is 11.3 Å². The van der Waals surface area contributed by atoms with E-state index in [1.807, 2.05) is 0 Å². The number of phenols is 1. The summed E-state index contributed by atoms with van der Waals surface area (Å²) in [5, 5.41) is 9.64. The number of anilines is 1. The summed E-state index contributed by atoms with van der Waals surface area (Å²) in [6.07, 6.45) is 4.36. The van der Waals surface area contributed by atoms with Crippen LogP contribution in [0.2, 0.25) is 0 Å². The highest BCUT2D eigenvalue weighted by molar-refractivity contribution is 7.93. The number of rotatable bonds is 8. The van der Waals surface area contributed by atoms with Gasteiger partial charge in [0.1, 0.15) is 27.2 Å². The Balaban J connectivity index is 1.64. The highest BCUT2D eigenvalue weighted by atomic mass is 32.2. The van der Waals surface area contributed by atoms with Gasteiger partial charge in [-0.25, -0.2) is 21.8 Å². The van der Waals surface area contributed by atoms with Crippen LogP contribution in [0.4, 0.5) is 5.69 Å². The second-order valence-electron chi connectivity index (χ2n) is 8.61. The Morgan fingerprint density at radius 3 is 2.40 bits per heavy atom. The third-order valence-corrected chi connectivity index (χ3v) is 11.0. The van der Waals surface area contributed by atoms with Crippen LogP contribution in [0.5, 0.6) is 11.5 Å². The maximum absolute atomic E-state index is 13.2. The molecule has 0 aliphatic heterocycles. The number of nitrogens with zero attached hydrogens (tertiary/aromatic N) is 1. The molecule has 35 heavy (non-hydrogen) atoms. The van der Waals surface area contributed by atoms with Gasteiger partial charge in [-0.1, -0.05) is 19.3 Å². The SMILES string of the molecule is COc1ccc(-c2sc(CS(=O)(=O)C3CCCCC3)nc2C)cc1S(=O)(=O)Nc1ccc(O)cc1. The van der Waals surface area contributed by atoms with Crippen LogP contribution in [0.1, 0.15) is 42.8 Å². The average Bonchev–Trinajstić information content (AvgIpc) is 3.19. The van der Waals surface area contributed by atoms with Crippen molar-refractivity contribution in [2.24, 2.45) is 0 Å². The predicted molar refractivity (Wildman–Crippen MR) is 137 cm³/mol. The molecule has 0 saturated heterocycles. The third-order valence-electron chi connectivity index (χ3n) is 6.06. The number of benzene rings is 2. The van der Waals surface area contributed by atoms with Crippen molar-refractivity contribution in [1.82, 2.24) is 4.98 Å². The molecule has 0 spiro atoms. The van der Waals surface area contributed by atoms with E-state index in [1.54, 1.807) is 19.1 Å². The van der Waals surface area contributed by atoms with Gasteiger partial charge < -0.3 is 9.84 Å². The van der Waals surface area contributed by atoms with Crippen molar-refractivity contribution in [1.29, 1.82) is 0 Å². The Hall–Kier alpha value is -2.63. The summed E-state index contributed by atoms with van der Waals surface area (Å²) < 4.78 is 59.9. The summed E-state index contributed by atoms with van der Waals surface area (Å²) in [6.45, 7) is 1.79. The first-order valence-corrected chi connectivity index (χ1v) is 15.3. The molecule has 11 heteroatoms. The number of ether oxygens (including phenoxy) is 1. The number of aryl methyl sites for hydroxylation is 1. The van der Waals surface area contributed by atoms with Crippen molar-refractivity contribution < 1.29 is 26.7 Å². The number of thiazole rings is 1. The fourth-order valence-corrected chi connectivity index (χ4v) is 8.80. The number of sulfone groups is 1. The quantitative estimate of drug-likeness (QED) is 0.393. The Bertz CT molecular complexity index is 1410. The van der Waals surface area contributed by atoms with Gasteiger partial charge in [0.15, 0.2) is 9.84 Å². The van der Waals surface area contributed by atoms with E-state index < -0.39 is 19.9 Å². The first-order valence-electron chi connectivity index (χ1n) is 11.3. The lowest BCUT2D eigenvalue weighted by molar-refractivity contribution is 0.403. The molecule has 3 aromatic rings. The number of sulfonamides is 1. The standard InChI is InChI=1S/C24H28N2O6S3/c1-16-24(33-23(25-16)15-34(28,29)20-6-4-3-5-7-20)17-8-13-21(32-2)22(14-17)35(30,31)26-18-9-11-19(27)12-10-18/h8-14,20,26-27H,3-7,15H2,1-2H3. The Labute approximate surface area is 210 Å². The molecule has 0 unspecified atom stereocenters. The van der Waals surface area contributed by atoms with Crippen LogP contribution in [0.25, 0.3) is 10.4 Å². The van der Waals surface area contributed by atoms with Crippen LogP contribution in [0, 0.1) is 6.92 Å². The molecule has 8 nitrogen and oxygen atoms in total. The number of nitrogens with one attached hydrogen (secondary N) is 1. The zero-order valence-electron chi connectivity index (χ0n) is 19.5. The van der Waals surface area contributed by atoms with Gasteiger partial charge in [-0.15, -0.1) is 11.3 Å². The fourth-order valence-electron chi connectivity index (χ4n) is 4.26. The second-order valence-corrected chi connectivity index (χ2v) is 13.6.